The molecule has 0 bridgehead atoms. The molecule has 0 aromatic carbocycles. The summed E-state index contributed by atoms with van der Waals surface area (Å²) in [6.07, 6.45) is 4.90. The third-order valence-corrected chi connectivity index (χ3v) is 5.29. The van der Waals surface area contributed by atoms with E-state index >= 15 is 0 Å². The summed E-state index contributed by atoms with van der Waals surface area (Å²) in [5, 5.41) is 3.04. The van der Waals surface area contributed by atoms with E-state index in [-0.39, 0.29) is 11.8 Å². The molecule has 0 aromatic heterocycles. The molecule has 0 aromatic rings. The fourth-order valence-electron chi connectivity index (χ4n) is 3.24. The summed E-state index contributed by atoms with van der Waals surface area (Å²) in [5.74, 6) is 2.04. The van der Waals surface area contributed by atoms with Crippen LogP contribution in [0.4, 0.5) is 0 Å². The first-order valence-corrected chi connectivity index (χ1v) is 8.41. The Morgan fingerprint density at radius 2 is 1.81 bits per heavy atom. The van der Waals surface area contributed by atoms with E-state index < -0.39 is 0 Å². The summed E-state index contributed by atoms with van der Waals surface area (Å²) in [4.78, 5) is 28.2. The molecule has 2 aliphatic carbocycles. The fourth-order valence-corrected chi connectivity index (χ4v) is 3.24. The molecule has 0 radical (unpaired) electrons. The lowest BCUT2D eigenvalue weighted by Gasteiger charge is -2.34. The third-order valence-electron chi connectivity index (χ3n) is 5.29. The number of piperazine rings is 1. The van der Waals surface area contributed by atoms with Gasteiger partial charge >= 0.3 is 0 Å². The number of amides is 2. The van der Waals surface area contributed by atoms with Crippen LogP contribution in [0.2, 0.25) is 0 Å². The van der Waals surface area contributed by atoms with Crippen LogP contribution < -0.4 is 5.32 Å². The number of rotatable bonds is 5. The summed E-state index contributed by atoms with van der Waals surface area (Å²) in [7, 11) is 0. The molecule has 3 fully saturated rings. The van der Waals surface area contributed by atoms with E-state index in [1.807, 2.05) is 4.90 Å². The lowest BCUT2D eigenvalue weighted by molar-refractivity contribution is -0.134. The fraction of sp³-hybridized carbons (Fsp3) is 0.875. The molecule has 0 spiro atoms. The van der Waals surface area contributed by atoms with Gasteiger partial charge in [-0.2, -0.15) is 0 Å². The smallest absolute Gasteiger partial charge is 0.234 e. The normalized spacial score (nSPS) is 29.9. The number of hydrogen-bond donors (Lipinski definition) is 1. The van der Waals surface area contributed by atoms with Crippen molar-refractivity contribution in [3.63, 3.8) is 0 Å². The molecule has 3 rings (SSSR count). The van der Waals surface area contributed by atoms with Crippen molar-refractivity contribution >= 4 is 11.8 Å². The van der Waals surface area contributed by atoms with Crippen LogP contribution in [-0.2, 0) is 9.59 Å². The zero-order valence-corrected chi connectivity index (χ0v) is 13.0. The van der Waals surface area contributed by atoms with Crippen molar-refractivity contribution in [2.75, 3.05) is 39.3 Å². The van der Waals surface area contributed by atoms with Crippen molar-refractivity contribution in [1.29, 1.82) is 0 Å². The van der Waals surface area contributed by atoms with Gasteiger partial charge in [0.25, 0.3) is 0 Å². The highest BCUT2D eigenvalue weighted by Crippen LogP contribution is 2.39. The van der Waals surface area contributed by atoms with Crippen LogP contribution in [0.1, 0.15) is 32.6 Å². The van der Waals surface area contributed by atoms with Gasteiger partial charge in [-0.05, 0) is 31.1 Å². The predicted octanol–water partition coefficient (Wildman–Crippen LogP) is 0.703. The predicted molar refractivity (Wildman–Crippen MR) is 80.6 cm³/mol. The molecule has 118 valence electrons. The third kappa shape index (κ3) is 3.76. The molecule has 2 atom stereocenters. The highest BCUT2D eigenvalue weighted by molar-refractivity contribution is 5.82. The number of nitrogens with zero attached hydrogens (tertiary/aromatic N) is 2. The minimum absolute atomic E-state index is 0.137. The van der Waals surface area contributed by atoms with Crippen molar-refractivity contribution in [1.82, 2.24) is 15.1 Å². The van der Waals surface area contributed by atoms with Gasteiger partial charge in [-0.3, -0.25) is 14.5 Å². The first-order chi connectivity index (χ1) is 10.1. The van der Waals surface area contributed by atoms with Gasteiger partial charge in [0, 0.05) is 38.6 Å². The second-order valence-electron chi connectivity index (χ2n) is 7.02. The van der Waals surface area contributed by atoms with Gasteiger partial charge in [0.05, 0.1) is 6.54 Å². The van der Waals surface area contributed by atoms with Crippen molar-refractivity contribution in [2.24, 2.45) is 17.8 Å². The lowest BCUT2D eigenvalue weighted by Crippen LogP contribution is -2.51. The summed E-state index contributed by atoms with van der Waals surface area (Å²) >= 11 is 0. The molecule has 1 heterocycles. The molecule has 2 saturated carbocycles. The van der Waals surface area contributed by atoms with Gasteiger partial charge < -0.3 is 10.2 Å². The SMILES string of the molecule is C[C@H]1C[C@H]1C(=O)N1CCN(CC(=O)NCC2CCC2)CC1. The summed E-state index contributed by atoms with van der Waals surface area (Å²) in [6.45, 7) is 6.67. The van der Waals surface area contributed by atoms with E-state index in [2.05, 4.69) is 17.1 Å². The number of carbonyl (C=O) groups excluding carboxylic acids is 2. The van der Waals surface area contributed by atoms with Crippen LogP contribution in [0.15, 0.2) is 0 Å². The Balaban J connectivity index is 1.33. The average Bonchev–Trinajstić information content (AvgIpc) is 3.14. The molecule has 3 aliphatic rings. The number of nitrogens with one attached hydrogen (secondary N) is 1. The Hall–Kier alpha value is -1.10. The second-order valence-corrected chi connectivity index (χ2v) is 7.02. The van der Waals surface area contributed by atoms with Crippen molar-refractivity contribution in [2.45, 2.75) is 32.6 Å². The standard InChI is InChI=1S/C16H27N3O2/c1-12-9-14(12)16(21)19-7-5-18(6-8-19)11-15(20)17-10-13-3-2-4-13/h12-14H,2-11H2,1H3,(H,17,20)/t12-,14+/m0/s1. The van der Waals surface area contributed by atoms with Crippen LogP contribution in [-0.4, -0.2) is 60.9 Å². The van der Waals surface area contributed by atoms with E-state index in [0.717, 1.165) is 39.1 Å². The van der Waals surface area contributed by atoms with E-state index in [0.29, 0.717) is 24.3 Å². The zero-order chi connectivity index (χ0) is 14.8. The minimum Gasteiger partial charge on any atom is -0.355 e. The molecular formula is C16H27N3O2. The maximum Gasteiger partial charge on any atom is 0.234 e. The Kier molecular flexibility index (Phi) is 4.48. The van der Waals surface area contributed by atoms with Crippen LogP contribution in [0.25, 0.3) is 0 Å². The van der Waals surface area contributed by atoms with E-state index in [4.69, 9.17) is 0 Å². The quantitative estimate of drug-likeness (QED) is 0.812. The minimum atomic E-state index is 0.137. The molecule has 1 aliphatic heterocycles. The Labute approximate surface area is 127 Å². The van der Waals surface area contributed by atoms with Crippen LogP contribution in [0.3, 0.4) is 0 Å². The number of hydrogen-bond acceptors (Lipinski definition) is 3. The van der Waals surface area contributed by atoms with Crippen LogP contribution >= 0.6 is 0 Å². The highest BCUT2D eigenvalue weighted by Gasteiger charge is 2.41. The van der Waals surface area contributed by atoms with Crippen LogP contribution in [0.5, 0.6) is 0 Å². The van der Waals surface area contributed by atoms with Crippen molar-refractivity contribution in [3.05, 3.63) is 0 Å². The lowest BCUT2D eigenvalue weighted by atomic mass is 9.85. The maximum atomic E-state index is 12.1. The monoisotopic (exact) mass is 293 g/mol. The van der Waals surface area contributed by atoms with Gasteiger partial charge in [0.1, 0.15) is 0 Å². The second kappa shape index (κ2) is 6.34. The Morgan fingerprint density at radius 1 is 1.14 bits per heavy atom. The van der Waals surface area contributed by atoms with Crippen LogP contribution in [0, 0.1) is 17.8 Å². The van der Waals surface area contributed by atoms with Crippen molar-refractivity contribution in [3.8, 4) is 0 Å². The Morgan fingerprint density at radius 3 is 2.33 bits per heavy atom. The molecule has 5 heteroatoms. The zero-order valence-electron chi connectivity index (χ0n) is 13.0. The molecule has 1 saturated heterocycles. The summed E-state index contributed by atoms with van der Waals surface area (Å²) < 4.78 is 0. The Bertz CT molecular complexity index is 400. The highest BCUT2D eigenvalue weighted by atomic mass is 16.2. The van der Waals surface area contributed by atoms with Gasteiger partial charge in [-0.25, -0.2) is 0 Å². The van der Waals surface area contributed by atoms with Gasteiger partial charge in [0.2, 0.25) is 11.8 Å². The maximum absolute atomic E-state index is 12.1. The number of carbonyl (C=O) groups is 2. The van der Waals surface area contributed by atoms with E-state index in [1.165, 1.54) is 19.3 Å². The summed E-state index contributed by atoms with van der Waals surface area (Å²) in [5.41, 5.74) is 0. The van der Waals surface area contributed by atoms with Crippen molar-refractivity contribution < 1.29 is 9.59 Å². The van der Waals surface area contributed by atoms with Gasteiger partial charge in [-0.1, -0.05) is 13.3 Å². The van der Waals surface area contributed by atoms with Gasteiger partial charge in [-0.15, -0.1) is 0 Å². The van der Waals surface area contributed by atoms with E-state index in [9.17, 15) is 9.59 Å². The molecular weight excluding hydrogens is 266 g/mol. The molecule has 5 nitrogen and oxygen atoms in total. The molecule has 0 unspecified atom stereocenters. The molecule has 1 N–H and O–H groups in total. The molecule has 21 heavy (non-hydrogen) atoms. The largest absolute Gasteiger partial charge is 0.355 e. The summed E-state index contributed by atoms with van der Waals surface area (Å²) in [6, 6.07) is 0. The van der Waals surface area contributed by atoms with Gasteiger partial charge in [0.15, 0.2) is 0 Å². The first-order valence-electron chi connectivity index (χ1n) is 8.41. The topological polar surface area (TPSA) is 52.7 Å². The average molecular weight is 293 g/mol. The van der Waals surface area contributed by atoms with E-state index in [1.54, 1.807) is 0 Å². The molecule has 2 amide bonds. The first kappa shape index (κ1) is 14.8.